The lowest BCUT2D eigenvalue weighted by Gasteiger charge is -2.30. The highest BCUT2D eigenvalue weighted by atomic mass is 35.5. The first-order valence-corrected chi connectivity index (χ1v) is 8.92. The molecule has 1 saturated heterocycles. The fourth-order valence-corrected chi connectivity index (χ4v) is 3.49. The quantitative estimate of drug-likeness (QED) is 0.868. The zero-order valence-corrected chi connectivity index (χ0v) is 15.0. The molecule has 0 aliphatic carbocycles. The maximum atomic E-state index is 13.3. The van der Waals surface area contributed by atoms with E-state index in [1.54, 1.807) is 24.1 Å². The topological polar surface area (TPSA) is 32.3 Å². The van der Waals surface area contributed by atoms with E-state index in [1.165, 1.54) is 12.1 Å². The SMILES string of the molecule is CN(C(=O)CC1CCCN1)C(c1ccc(F)cc1)c1ccc(Cl)cc1. The number of hydrogen-bond donors (Lipinski definition) is 1. The molecule has 1 heterocycles. The van der Waals surface area contributed by atoms with Crippen LogP contribution < -0.4 is 5.32 Å². The first-order valence-electron chi connectivity index (χ1n) is 8.54. The van der Waals surface area contributed by atoms with Crippen LogP contribution in [0, 0.1) is 5.82 Å². The van der Waals surface area contributed by atoms with Crippen molar-refractivity contribution in [3.8, 4) is 0 Å². The summed E-state index contributed by atoms with van der Waals surface area (Å²) in [5.74, 6) is -0.216. The van der Waals surface area contributed by atoms with Gasteiger partial charge in [-0.1, -0.05) is 35.9 Å². The van der Waals surface area contributed by atoms with Crippen molar-refractivity contribution in [1.29, 1.82) is 0 Å². The van der Waals surface area contributed by atoms with Crippen LogP contribution in [0.2, 0.25) is 5.02 Å². The number of hydrogen-bond acceptors (Lipinski definition) is 2. The van der Waals surface area contributed by atoms with Crippen LogP contribution in [0.15, 0.2) is 48.5 Å². The van der Waals surface area contributed by atoms with Crippen molar-refractivity contribution < 1.29 is 9.18 Å². The van der Waals surface area contributed by atoms with Crippen LogP contribution in [0.25, 0.3) is 0 Å². The van der Waals surface area contributed by atoms with Crippen LogP contribution in [-0.4, -0.2) is 30.4 Å². The fraction of sp³-hybridized carbons (Fsp3) is 0.350. The summed E-state index contributed by atoms with van der Waals surface area (Å²) in [6, 6.07) is 13.7. The summed E-state index contributed by atoms with van der Waals surface area (Å²) >= 11 is 6.00. The average Bonchev–Trinajstić information content (AvgIpc) is 3.11. The van der Waals surface area contributed by atoms with Gasteiger partial charge in [-0.05, 0) is 54.8 Å². The molecule has 0 spiro atoms. The van der Waals surface area contributed by atoms with Gasteiger partial charge in [0.1, 0.15) is 5.82 Å². The molecular weight excluding hydrogens is 339 g/mol. The summed E-state index contributed by atoms with van der Waals surface area (Å²) in [7, 11) is 1.81. The molecule has 0 bridgehead atoms. The monoisotopic (exact) mass is 360 g/mol. The minimum atomic E-state index is -0.289. The Morgan fingerprint density at radius 3 is 2.36 bits per heavy atom. The normalized spacial score (nSPS) is 18.1. The zero-order chi connectivity index (χ0) is 17.8. The van der Waals surface area contributed by atoms with Gasteiger partial charge in [0.15, 0.2) is 0 Å². The van der Waals surface area contributed by atoms with Crippen LogP contribution in [0.4, 0.5) is 4.39 Å². The van der Waals surface area contributed by atoms with Crippen molar-refractivity contribution in [2.45, 2.75) is 31.3 Å². The van der Waals surface area contributed by atoms with Crippen molar-refractivity contribution >= 4 is 17.5 Å². The molecule has 1 fully saturated rings. The summed E-state index contributed by atoms with van der Waals surface area (Å²) < 4.78 is 13.3. The van der Waals surface area contributed by atoms with E-state index in [0.717, 1.165) is 30.5 Å². The van der Waals surface area contributed by atoms with Gasteiger partial charge in [-0.15, -0.1) is 0 Å². The standard InChI is InChI=1S/C20H22ClFN2O/c1-24(19(25)13-18-3-2-12-23-18)20(14-4-8-16(21)9-5-14)15-6-10-17(22)11-7-15/h4-11,18,20,23H,2-3,12-13H2,1H3. The third kappa shape index (κ3) is 4.39. The van der Waals surface area contributed by atoms with Crippen LogP contribution in [0.1, 0.15) is 36.4 Å². The second kappa shape index (κ2) is 7.98. The smallest absolute Gasteiger partial charge is 0.224 e. The summed E-state index contributed by atoms with van der Waals surface area (Å²) in [5, 5.41) is 4.01. The first-order chi connectivity index (χ1) is 12.0. The Hall–Kier alpha value is -1.91. The zero-order valence-electron chi connectivity index (χ0n) is 14.2. The van der Waals surface area contributed by atoms with Gasteiger partial charge in [0, 0.05) is 24.5 Å². The predicted octanol–water partition coefficient (Wildman–Crippen LogP) is 4.17. The van der Waals surface area contributed by atoms with E-state index in [4.69, 9.17) is 11.6 Å². The lowest BCUT2D eigenvalue weighted by atomic mass is 9.96. The van der Waals surface area contributed by atoms with Crippen LogP contribution >= 0.6 is 11.6 Å². The molecule has 3 nitrogen and oxygen atoms in total. The Balaban J connectivity index is 1.87. The van der Waals surface area contributed by atoms with Gasteiger partial charge in [-0.3, -0.25) is 4.79 Å². The number of amides is 1. The number of carbonyl (C=O) groups excluding carboxylic acids is 1. The summed E-state index contributed by atoms with van der Waals surface area (Å²) in [4.78, 5) is 14.6. The molecule has 1 aliphatic rings. The van der Waals surface area contributed by atoms with Crippen LogP contribution in [0.3, 0.4) is 0 Å². The lowest BCUT2D eigenvalue weighted by Crippen LogP contribution is -2.36. The predicted molar refractivity (Wildman–Crippen MR) is 98.1 cm³/mol. The number of nitrogens with zero attached hydrogens (tertiary/aromatic N) is 1. The largest absolute Gasteiger partial charge is 0.335 e. The van der Waals surface area contributed by atoms with Crippen molar-refractivity contribution in [2.75, 3.05) is 13.6 Å². The molecule has 2 aromatic rings. The maximum Gasteiger partial charge on any atom is 0.224 e. The Bertz CT molecular complexity index is 666. The molecule has 3 rings (SSSR count). The minimum Gasteiger partial charge on any atom is -0.335 e. The number of nitrogens with one attached hydrogen (secondary N) is 1. The number of carbonyl (C=O) groups is 1. The third-order valence-electron chi connectivity index (χ3n) is 4.74. The van der Waals surface area contributed by atoms with Gasteiger partial charge in [0.2, 0.25) is 5.91 Å². The van der Waals surface area contributed by atoms with Crippen molar-refractivity contribution in [3.63, 3.8) is 0 Å². The van der Waals surface area contributed by atoms with E-state index in [-0.39, 0.29) is 23.8 Å². The molecule has 2 atom stereocenters. The summed E-state index contributed by atoms with van der Waals surface area (Å²) in [5.41, 5.74) is 1.82. The summed E-state index contributed by atoms with van der Waals surface area (Å²) in [6.07, 6.45) is 2.61. The third-order valence-corrected chi connectivity index (χ3v) is 4.99. The Morgan fingerprint density at radius 1 is 1.20 bits per heavy atom. The highest BCUT2D eigenvalue weighted by Crippen LogP contribution is 2.29. The number of rotatable bonds is 5. The van der Waals surface area contributed by atoms with Crippen LogP contribution in [-0.2, 0) is 4.79 Å². The molecule has 2 aromatic carbocycles. The van der Waals surface area contributed by atoms with Gasteiger partial charge >= 0.3 is 0 Å². The maximum absolute atomic E-state index is 13.3. The molecule has 5 heteroatoms. The van der Waals surface area contributed by atoms with Crippen molar-refractivity contribution in [2.24, 2.45) is 0 Å². The van der Waals surface area contributed by atoms with Crippen molar-refractivity contribution in [1.82, 2.24) is 10.2 Å². The Labute approximate surface area is 152 Å². The second-order valence-electron chi connectivity index (χ2n) is 6.51. The van der Waals surface area contributed by atoms with Gasteiger partial charge < -0.3 is 10.2 Å². The second-order valence-corrected chi connectivity index (χ2v) is 6.94. The van der Waals surface area contributed by atoms with E-state index < -0.39 is 0 Å². The molecular formula is C20H22ClFN2O. The molecule has 1 aliphatic heterocycles. The highest BCUT2D eigenvalue weighted by molar-refractivity contribution is 6.30. The van der Waals surface area contributed by atoms with Gasteiger partial charge in [0.05, 0.1) is 6.04 Å². The molecule has 0 radical (unpaired) electrons. The van der Waals surface area contributed by atoms with E-state index in [9.17, 15) is 9.18 Å². The molecule has 132 valence electrons. The lowest BCUT2D eigenvalue weighted by molar-refractivity contribution is -0.131. The van der Waals surface area contributed by atoms with Gasteiger partial charge in [-0.2, -0.15) is 0 Å². The van der Waals surface area contributed by atoms with Crippen LogP contribution in [0.5, 0.6) is 0 Å². The van der Waals surface area contributed by atoms with Gasteiger partial charge in [-0.25, -0.2) is 4.39 Å². The fourth-order valence-electron chi connectivity index (χ4n) is 3.36. The Kier molecular flexibility index (Phi) is 5.71. The number of benzene rings is 2. The first kappa shape index (κ1) is 17.9. The molecule has 2 unspecified atom stereocenters. The van der Waals surface area contributed by atoms with Gasteiger partial charge in [0.25, 0.3) is 0 Å². The van der Waals surface area contributed by atoms with Crippen molar-refractivity contribution in [3.05, 3.63) is 70.5 Å². The van der Waals surface area contributed by atoms with E-state index in [2.05, 4.69) is 5.32 Å². The number of halogens is 2. The minimum absolute atomic E-state index is 0.0728. The van der Waals surface area contributed by atoms with E-state index >= 15 is 0 Å². The molecule has 1 amide bonds. The average molecular weight is 361 g/mol. The van der Waals surface area contributed by atoms with E-state index in [1.807, 2.05) is 24.3 Å². The molecule has 0 aromatic heterocycles. The highest BCUT2D eigenvalue weighted by Gasteiger charge is 2.26. The molecule has 1 N–H and O–H groups in total. The molecule has 25 heavy (non-hydrogen) atoms. The Morgan fingerprint density at radius 2 is 1.80 bits per heavy atom. The van der Waals surface area contributed by atoms with E-state index in [0.29, 0.717) is 11.4 Å². The molecule has 0 saturated carbocycles. The summed E-state index contributed by atoms with van der Waals surface area (Å²) in [6.45, 7) is 0.972.